The van der Waals surface area contributed by atoms with E-state index in [4.69, 9.17) is 0 Å². The maximum Gasteiger partial charge on any atom is 0.254 e. The van der Waals surface area contributed by atoms with E-state index in [1.807, 2.05) is 43.5 Å². The van der Waals surface area contributed by atoms with Crippen molar-refractivity contribution < 1.29 is 14.3 Å². The van der Waals surface area contributed by atoms with Gasteiger partial charge >= 0.3 is 0 Å². The Bertz CT molecular complexity index is 875. The first-order valence-electron chi connectivity index (χ1n) is 7.42. The number of benzene rings is 2. The summed E-state index contributed by atoms with van der Waals surface area (Å²) in [5.41, 5.74) is 2.43. The molecule has 122 valence electrons. The van der Waals surface area contributed by atoms with E-state index in [0.717, 1.165) is 23.0 Å². The molecule has 0 aliphatic carbocycles. The number of aromatic hydroxyl groups is 1. The lowest BCUT2D eigenvalue weighted by molar-refractivity contribution is 0.0947. The van der Waals surface area contributed by atoms with Gasteiger partial charge in [0, 0.05) is 24.4 Å². The zero-order valence-corrected chi connectivity index (χ0v) is 13.0. The Labute approximate surface area is 138 Å². The summed E-state index contributed by atoms with van der Waals surface area (Å²) >= 11 is 0. The van der Waals surface area contributed by atoms with Gasteiger partial charge in [-0.2, -0.15) is 5.10 Å². The number of nitrogens with zero attached hydrogens (tertiary/aromatic N) is 2. The normalized spacial score (nSPS) is 10.6. The molecule has 2 aromatic carbocycles. The smallest absolute Gasteiger partial charge is 0.254 e. The van der Waals surface area contributed by atoms with E-state index < -0.39 is 11.7 Å². The summed E-state index contributed by atoms with van der Waals surface area (Å²) in [6.45, 7) is 2.08. The summed E-state index contributed by atoms with van der Waals surface area (Å²) in [5, 5.41) is 16.3. The minimum absolute atomic E-state index is 0.110. The van der Waals surface area contributed by atoms with Crippen molar-refractivity contribution in [3.63, 3.8) is 0 Å². The van der Waals surface area contributed by atoms with Crippen molar-refractivity contribution in [1.82, 2.24) is 15.1 Å². The first kappa shape index (κ1) is 15.7. The average molecular weight is 325 g/mol. The van der Waals surface area contributed by atoms with E-state index in [1.54, 1.807) is 4.68 Å². The number of phenols is 1. The van der Waals surface area contributed by atoms with E-state index in [9.17, 15) is 14.3 Å². The molecular weight excluding hydrogens is 309 g/mol. The molecule has 0 spiro atoms. The second-order valence-electron chi connectivity index (χ2n) is 5.37. The summed E-state index contributed by atoms with van der Waals surface area (Å²) in [6, 6.07) is 13.1. The van der Waals surface area contributed by atoms with Gasteiger partial charge in [-0.25, -0.2) is 9.07 Å². The molecule has 0 fully saturated rings. The van der Waals surface area contributed by atoms with Crippen molar-refractivity contribution in [2.45, 2.75) is 13.5 Å². The van der Waals surface area contributed by atoms with Crippen molar-refractivity contribution >= 4 is 5.91 Å². The van der Waals surface area contributed by atoms with Crippen LogP contribution in [0.3, 0.4) is 0 Å². The molecule has 3 aromatic rings. The zero-order chi connectivity index (χ0) is 17.1. The predicted molar refractivity (Wildman–Crippen MR) is 87.5 cm³/mol. The van der Waals surface area contributed by atoms with Crippen LogP contribution in [0.4, 0.5) is 4.39 Å². The highest BCUT2D eigenvalue weighted by atomic mass is 19.1. The topological polar surface area (TPSA) is 67.2 Å². The Balaban J connectivity index is 1.73. The van der Waals surface area contributed by atoms with Gasteiger partial charge < -0.3 is 10.4 Å². The average Bonchev–Trinajstić information content (AvgIpc) is 2.94. The van der Waals surface area contributed by atoms with Crippen LogP contribution in [0.2, 0.25) is 0 Å². The SMILES string of the molecule is Cc1nn(-c2ccccc2)cc1CNC(=O)c1ccc(O)cc1F. The van der Waals surface area contributed by atoms with Gasteiger partial charge in [0.15, 0.2) is 0 Å². The largest absolute Gasteiger partial charge is 0.508 e. The van der Waals surface area contributed by atoms with Crippen LogP contribution < -0.4 is 5.32 Å². The van der Waals surface area contributed by atoms with E-state index in [0.29, 0.717) is 0 Å². The van der Waals surface area contributed by atoms with Crippen LogP contribution in [0.25, 0.3) is 5.69 Å². The van der Waals surface area contributed by atoms with Crippen molar-refractivity contribution in [2.75, 3.05) is 0 Å². The number of carbonyl (C=O) groups is 1. The molecule has 2 N–H and O–H groups in total. The van der Waals surface area contributed by atoms with Crippen LogP contribution in [-0.2, 0) is 6.54 Å². The van der Waals surface area contributed by atoms with Gasteiger partial charge in [0.25, 0.3) is 5.91 Å². The molecule has 0 bridgehead atoms. The highest BCUT2D eigenvalue weighted by molar-refractivity contribution is 5.94. The molecule has 0 unspecified atom stereocenters. The highest BCUT2D eigenvalue weighted by Gasteiger charge is 2.13. The van der Waals surface area contributed by atoms with Crippen LogP contribution in [-0.4, -0.2) is 20.8 Å². The minimum Gasteiger partial charge on any atom is -0.508 e. The zero-order valence-electron chi connectivity index (χ0n) is 13.0. The lowest BCUT2D eigenvalue weighted by Gasteiger charge is -2.05. The molecule has 0 saturated heterocycles. The number of hydrogen-bond donors (Lipinski definition) is 2. The number of phenolic OH excluding ortho intramolecular Hbond substituents is 1. The van der Waals surface area contributed by atoms with Gasteiger partial charge in [0.05, 0.1) is 16.9 Å². The summed E-state index contributed by atoms with van der Waals surface area (Å²) in [5.74, 6) is -1.52. The fourth-order valence-electron chi connectivity index (χ4n) is 2.34. The number of rotatable bonds is 4. The fourth-order valence-corrected chi connectivity index (χ4v) is 2.34. The third-order valence-electron chi connectivity index (χ3n) is 3.66. The van der Waals surface area contributed by atoms with E-state index in [2.05, 4.69) is 10.4 Å². The molecule has 0 saturated carbocycles. The van der Waals surface area contributed by atoms with Crippen molar-refractivity contribution in [3.05, 3.63) is 77.4 Å². The molecular formula is C18H16FN3O2. The number of halogens is 1. The van der Waals surface area contributed by atoms with Crippen LogP contribution in [0.5, 0.6) is 5.75 Å². The number of para-hydroxylation sites is 1. The Morgan fingerprint density at radius 3 is 2.71 bits per heavy atom. The predicted octanol–water partition coefficient (Wildman–Crippen LogP) is 2.96. The molecule has 1 aromatic heterocycles. The Kier molecular flexibility index (Phi) is 4.29. The maximum absolute atomic E-state index is 13.7. The summed E-state index contributed by atoms with van der Waals surface area (Å²) in [4.78, 5) is 12.1. The van der Waals surface area contributed by atoms with Crippen LogP contribution in [0.1, 0.15) is 21.6 Å². The summed E-state index contributed by atoms with van der Waals surface area (Å²) in [7, 11) is 0. The minimum atomic E-state index is -0.760. The molecule has 24 heavy (non-hydrogen) atoms. The van der Waals surface area contributed by atoms with Gasteiger partial charge in [-0.3, -0.25) is 4.79 Å². The second-order valence-corrected chi connectivity index (χ2v) is 5.37. The molecule has 0 radical (unpaired) electrons. The van der Waals surface area contributed by atoms with Gasteiger partial charge in [-0.1, -0.05) is 18.2 Å². The highest BCUT2D eigenvalue weighted by Crippen LogP contribution is 2.16. The van der Waals surface area contributed by atoms with Gasteiger partial charge in [0.2, 0.25) is 0 Å². The van der Waals surface area contributed by atoms with Gasteiger partial charge in [-0.05, 0) is 31.2 Å². The summed E-state index contributed by atoms with van der Waals surface area (Å²) in [6.07, 6.45) is 1.83. The molecule has 0 aliphatic rings. The third-order valence-corrected chi connectivity index (χ3v) is 3.66. The maximum atomic E-state index is 13.7. The number of nitrogens with one attached hydrogen (secondary N) is 1. The third kappa shape index (κ3) is 3.27. The van der Waals surface area contributed by atoms with Crippen LogP contribution in [0, 0.1) is 12.7 Å². The van der Waals surface area contributed by atoms with Gasteiger partial charge in [-0.15, -0.1) is 0 Å². The quantitative estimate of drug-likeness (QED) is 0.775. The fraction of sp³-hybridized carbons (Fsp3) is 0.111. The molecule has 5 nitrogen and oxygen atoms in total. The van der Waals surface area contributed by atoms with Crippen LogP contribution in [0.15, 0.2) is 54.7 Å². The molecule has 3 rings (SSSR count). The Hall–Kier alpha value is -3.15. The van der Waals surface area contributed by atoms with Crippen LogP contribution >= 0.6 is 0 Å². The monoisotopic (exact) mass is 325 g/mol. The molecule has 1 heterocycles. The van der Waals surface area contributed by atoms with E-state index >= 15 is 0 Å². The first-order chi connectivity index (χ1) is 11.5. The number of amides is 1. The number of aryl methyl sites for hydroxylation is 1. The Morgan fingerprint density at radius 2 is 2.00 bits per heavy atom. The number of carbonyl (C=O) groups excluding carboxylic acids is 1. The lowest BCUT2D eigenvalue weighted by Crippen LogP contribution is -2.23. The van der Waals surface area contributed by atoms with Gasteiger partial charge in [0.1, 0.15) is 11.6 Å². The molecule has 6 heteroatoms. The summed E-state index contributed by atoms with van der Waals surface area (Å²) < 4.78 is 15.4. The number of aromatic nitrogens is 2. The lowest BCUT2D eigenvalue weighted by atomic mass is 10.2. The van der Waals surface area contributed by atoms with E-state index in [-0.39, 0.29) is 17.9 Å². The van der Waals surface area contributed by atoms with Crippen molar-refractivity contribution in [1.29, 1.82) is 0 Å². The standard InChI is InChI=1S/C18H16FN3O2/c1-12-13(11-22(21-12)14-5-3-2-4-6-14)10-20-18(24)16-8-7-15(23)9-17(16)19/h2-9,11,23H,10H2,1H3,(H,20,24). The Morgan fingerprint density at radius 1 is 1.25 bits per heavy atom. The number of hydrogen-bond acceptors (Lipinski definition) is 3. The molecule has 0 atom stereocenters. The van der Waals surface area contributed by atoms with Crippen molar-refractivity contribution in [3.8, 4) is 11.4 Å². The molecule has 1 amide bonds. The first-order valence-corrected chi connectivity index (χ1v) is 7.42. The van der Waals surface area contributed by atoms with Crippen molar-refractivity contribution in [2.24, 2.45) is 0 Å². The second kappa shape index (κ2) is 6.54. The molecule has 0 aliphatic heterocycles. The van der Waals surface area contributed by atoms with E-state index in [1.165, 1.54) is 12.1 Å².